The van der Waals surface area contributed by atoms with E-state index >= 15 is 0 Å². The number of Topliss-reactive ketones (excluding diaryl/α,β-unsaturated/α-hetero) is 1. The lowest BCUT2D eigenvalue weighted by molar-refractivity contribution is -0.117. The number of hydrogen-bond acceptors (Lipinski definition) is 2. The van der Waals surface area contributed by atoms with Gasteiger partial charge in [0.2, 0.25) is 0 Å². The summed E-state index contributed by atoms with van der Waals surface area (Å²) >= 11 is 0. The molecule has 1 aromatic carbocycles. The molecule has 3 heteroatoms. The fourth-order valence-corrected chi connectivity index (χ4v) is 1.36. The maximum atomic E-state index is 10.9. The molecule has 0 unspecified atom stereocenters. The number of para-hydroxylation sites is 1. The average molecular weight is 174 g/mol. The minimum atomic E-state index is 0.119. The third-order valence-corrected chi connectivity index (χ3v) is 1.92. The summed E-state index contributed by atoms with van der Waals surface area (Å²) in [6.07, 6.45) is 1.78. The summed E-state index contributed by atoms with van der Waals surface area (Å²) in [6.45, 7) is 1.92. The van der Waals surface area contributed by atoms with E-state index < -0.39 is 0 Å². The molecule has 0 bridgehead atoms. The van der Waals surface area contributed by atoms with Gasteiger partial charge in [0.1, 0.15) is 0 Å². The van der Waals surface area contributed by atoms with Gasteiger partial charge >= 0.3 is 0 Å². The highest BCUT2D eigenvalue weighted by atomic mass is 16.1. The van der Waals surface area contributed by atoms with E-state index in [1.165, 1.54) is 0 Å². The van der Waals surface area contributed by atoms with Gasteiger partial charge in [-0.2, -0.15) is 5.10 Å². The molecule has 0 aliphatic heterocycles. The Morgan fingerprint density at radius 2 is 2.23 bits per heavy atom. The van der Waals surface area contributed by atoms with Gasteiger partial charge in [0.05, 0.1) is 18.3 Å². The van der Waals surface area contributed by atoms with Crippen LogP contribution in [0.4, 0.5) is 0 Å². The first-order valence-corrected chi connectivity index (χ1v) is 4.17. The minimum Gasteiger partial charge on any atom is -0.298 e. The number of aromatic nitrogens is 2. The molecule has 1 aromatic heterocycles. The SMILES string of the molecule is CC(=O)Cn1ncc2ccccc21. The van der Waals surface area contributed by atoms with E-state index in [0.29, 0.717) is 6.54 Å². The summed E-state index contributed by atoms with van der Waals surface area (Å²) in [5.41, 5.74) is 1.01. The highest BCUT2D eigenvalue weighted by molar-refractivity contribution is 5.81. The zero-order valence-electron chi connectivity index (χ0n) is 7.40. The van der Waals surface area contributed by atoms with Crippen molar-refractivity contribution in [3.63, 3.8) is 0 Å². The average Bonchev–Trinajstić information content (AvgIpc) is 2.48. The summed E-state index contributed by atoms with van der Waals surface area (Å²) < 4.78 is 1.72. The third kappa shape index (κ3) is 1.45. The molecule has 0 aliphatic rings. The molecule has 13 heavy (non-hydrogen) atoms. The van der Waals surface area contributed by atoms with Crippen molar-refractivity contribution >= 4 is 16.7 Å². The standard InChI is InChI=1S/C10H10N2O/c1-8(13)7-12-10-5-3-2-4-9(10)6-11-12/h2-6H,7H2,1H3. The number of nitrogens with zero attached hydrogens (tertiary/aromatic N) is 2. The lowest BCUT2D eigenvalue weighted by Gasteiger charge is -1.98. The third-order valence-electron chi connectivity index (χ3n) is 1.92. The summed E-state index contributed by atoms with van der Waals surface area (Å²) in [5, 5.41) is 5.20. The lowest BCUT2D eigenvalue weighted by Crippen LogP contribution is -2.06. The van der Waals surface area contributed by atoms with Gasteiger partial charge in [-0.05, 0) is 13.0 Å². The maximum Gasteiger partial charge on any atom is 0.151 e. The predicted molar refractivity (Wildman–Crippen MR) is 50.4 cm³/mol. The number of ketones is 1. The Morgan fingerprint density at radius 1 is 1.46 bits per heavy atom. The molecule has 1 heterocycles. The van der Waals surface area contributed by atoms with Gasteiger partial charge in [-0.1, -0.05) is 18.2 Å². The quantitative estimate of drug-likeness (QED) is 0.693. The van der Waals surface area contributed by atoms with Crippen molar-refractivity contribution < 1.29 is 4.79 Å². The van der Waals surface area contributed by atoms with E-state index in [9.17, 15) is 4.79 Å². The van der Waals surface area contributed by atoms with Crippen LogP contribution >= 0.6 is 0 Å². The summed E-state index contributed by atoms with van der Waals surface area (Å²) in [6, 6.07) is 7.85. The summed E-state index contributed by atoms with van der Waals surface area (Å²) in [7, 11) is 0. The fraction of sp³-hybridized carbons (Fsp3) is 0.200. The Morgan fingerprint density at radius 3 is 3.00 bits per heavy atom. The topological polar surface area (TPSA) is 34.9 Å². The van der Waals surface area contributed by atoms with Crippen LogP contribution < -0.4 is 0 Å². The van der Waals surface area contributed by atoms with Crippen LogP contribution in [0.2, 0.25) is 0 Å². The molecule has 3 nitrogen and oxygen atoms in total. The second kappa shape index (κ2) is 3.01. The molecule has 0 radical (unpaired) electrons. The Bertz CT molecular complexity index is 445. The van der Waals surface area contributed by atoms with Crippen molar-refractivity contribution in [2.45, 2.75) is 13.5 Å². The van der Waals surface area contributed by atoms with E-state index in [2.05, 4.69) is 5.10 Å². The first-order chi connectivity index (χ1) is 6.27. The van der Waals surface area contributed by atoms with Crippen molar-refractivity contribution in [3.05, 3.63) is 30.5 Å². The summed E-state index contributed by atoms with van der Waals surface area (Å²) in [4.78, 5) is 10.9. The van der Waals surface area contributed by atoms with Crippen molar-refractivity contribution in [1.82, 2.24) is 9.78 Å². The van der Waals surface area contributed by atoms with Crippen LogP contribution in [0.1, 0.15) is 6.92 Å². The molecule has 2 rings (SSSR count). The first kappa shape index (κ1) is 7.98. The number of benzene rings is 1. The van der Waals surface area contributed by atoms with Crippen LogP contribution in [0, 0.1) is 0 Å². The maximum absolute atomic E-state index is 10.9. The molecular weight excluding hydrogens is 164 g/mol. The van der Waals surface area contributed by atoms with E-state index in [-0.39, 0.29) is 5.78 Å². The molecule has 0 atom stereocenters. The molecule has 2 aromatic rings. The minimum absolute atomic E-state index is 0.119. The van der Waals surface area contributed by atoms with Gasteiger partial charge < -0.3 is 0 Å². The fourth-order valence-electron chi connectivity index (χ4n) is 1.36. The molecule has 0 saturated carbocycles. The molecule has 0 saturated heterocycles. The highest BCUT2D eigenvalue weighted by Crippen LogP contribution is 2.11. The van der Waals surface area contributed by atoms with Crippen molar-refractivity contribution in [2.75, 3.05) is 0 Å². The largest absolute Gasteiger partial charge is 0.298 e. The van der Waals surface area contributed by atoms with Gasteiger partial charge in [-0.3, -0.25) is 9.48 Å². The van der Waals surface area contributed by atoms with Gasteiger partial charge in [0.15, 0.2) is 5.78 Å². The highest BCUT2D eigenvalue weighted by Gasteiger charge is 2.02. The van der Waals surface area contributed by atoms with E-state index in [4.69, 9.17) is 0 Å². The van der Waals surface area contributed by atoms with Crippen molar-refractivity contribution in [2.24, 2.45) is 0 Å². The summed E-state index contributed by atoms with van der Waals surface area (Å²) in [5.74, 6) is 0.119. The van der Waals surface area contributed by atoms with Crippen LogP contribution in [-0.4, -0.2) is 15.6 Å². The zero-order chi connectivity index (χ0) is 9.26. The smallest absolute Gasteiger partial charge is 0.151 e. The number of carbonyl (C=O) groups excluding carboxylic acids is 1. The molecule has 0 spiro atoms. The second-order valence-electron chi connectivity index (χ2n) is 3.06. The monoisotopic (exact) mass is 174 g/mol. The van der Waals surface area contributed by atoms with Crippen molar-refractivity contribution in [3.8, 4) is 0 Å². The number of rotatable bonds is 2. The van der Waals surface area contributed by atoms with E-state index in [0.717, 1.165) is 10.9 Å². The van der Waals surface area contributed by atoms with Gasteiger partial charge in [0, 0.05) is 5.39 Å². The zero-order valence-corrected chi connectivity index (χ0v) is 7.40. The van der Waals surface area contributed by atoms with E-state index in [1.54, 1.807) is 17.8 Å². The Balaban J connectivity index is 2.51. The van der Waals surface area contributed by atoms with E-state index in [1.807, 2.05) is 24.3 Å². The predicted octanol–water partition coefficient (Wildman–Crippen LogP) is 1.63. The molecular formula is C10H10N2O. The molecule has 0 amide bonds. The van der Waals surface area contributed by atoms with Crippen LogP contribution in [0.15, 0.2) is 30.5 Å². The molecule has 0 N–H and O–H groups in total. The molecule has 0 aliphatic carbocycles. The van der Waals surface area contributed by atoms with Crippen LogP contribution in [0.25, 0.3) is 10.9 Å². The lowest BCUT2D eigenvalue weighted by atomic mass is 10.2. The van der Waals surface area contributed by atoms with Gasteiger partial charge in [-0.25, -0.2) is 0 Å². The van der Waals surface area contributed by atoms with Gasteiger partial charge in [0.25, 0.3) is 0 Å². The molecule has 0 fully saturated rings. The normalized spacial score (nSPS) is 10.5. The van der Waals surface area contributed by atoms with Crippen LogP contribution in [-0.2, 0) is 11.3 Å². The second-order valence-corrected chi connectivity index (χ2v) is 3.06. The first-order valence-electron chi connectivity index (χ1n) is 4.17. The molecule has 66 valence electrons. The Labute approximate surface area is 76.0 Å². The van der Waals surface area contributed by atoms with Crippen LogP contribution in [0.3, 0.4) is 0 Å². The number of carbonyl (C=O) groups is 1. The number of fused-ring (bicyclic) bond motifs is 1. The Hall–Kier alpha value is -1.64. The van der Waals surface area contributed by atoms with Gasteiger partial charge in [-0.15, -0.1) is 0 Å². The van der Waals surface area contributed by atoms with Crippen molar-refractivity contribution in [1.29, 1.82) is 0 Å². The van der Waals surface area contributed by atoms with Crippen LogP contribution in [0.5, 0.6) is 0 Å². The Kier molecular flexibility index (Phi) is 1.85. The number of hydrogen-bond donors (Lipinski definition) is 0.